The fraction of sp³-hybridized carbons (Fsp3) is 0.222. The van der Waals surface area contributed by atoms with Crippen LogP contribution in [-0.4, -0.2) is 23.5 Å². The lowest BCUT2D eigenvalue weighted by atomic mass is 10.1. The second-order valence-electron chi connectivity index (χ2n) is 5.69. The molecule has 1 atom stereocenters. The molecule has 2 aromatic carbocycles. The molecule has 0 saturated heterocycles. The van der Waals surface area contributed by atoms with Crippen LogP contribution in [-0.2, 0) is 9.59 Å². The predicted octanol–water partition coefficient (Wildman–Crippen LogP) is 2.37. The molecule has 0 aliphatic carbocycles. The lowest BCUT2D eigenvalue weighted by molar-refractivity contribution is -0.136. The minimum absolute atomic E-state index is 0.457. The number of carbonyl (C=O) groups is 2. The summed E-state index contributed by atoms with van der Waals surface area (Å²) in [5.74, 6) is -3.82. The summed E-state index contributed by atoms with van der Waals surface area (Å²) < 4.78 is 27.1. The molecule has 2 aromatic rings. The summed E-state index contributed by atoms with van der Waals surface area (Å²) in [7, 11) is 0. The van der Waals surface area contributed by atoms with Crippen molar-refractivity contribution in [3.63, 3.8) is 0 Å². The van der Waals surface area contributed by atoms with E-state index in [0.717, 1.165) is 29.3 Å². The number of aliphatic hydroxyl groups excluding tert-OH is 1. The predicted molar refractivity (Wildman–Crippen MR) is 88.9 cm³/mol. The van der Waals surface area contributed by atoms with Crippen molar-refractivity contribution < 1.29 is 23.5 Å². The second kappa shape index (κ2) is 7.85. The Hall–Kier alpha value is -2.80. The first-order valence-corrected chi connectivity index (χ1v) is 7.57. The van der Waals surface area contributed by atoms with E-state index in [0.29, 0.717) is 5.69 Å². The zero-order valence-corrected chi connectivity index (χ0v) is 13.8. The van der Waals surface area contributed by atoms with Crippen molar-refractivity contribution in [2.45, 2.75) is 20.0 Å². The highest BCUT2D eigenvalue weighted by Gasteiger charge is 2.20. The first kappa shape index (κ1) is 18.5. The highest BCUT2D eigenvalue weighted by Crippen LogP contribution is 2.20. The number of carbonyl (C=O) groups excluding carboxylic acids is 2. The van der Waals surface area contributed by atoms with Gasteiger partial charge in [-0.05, 0) is 49.2 Å². The summed E-state index contributed by atoms with van der Waals surface area (Å²) in [6.45, 7) is 3.20. The summed E-state index contributed by atoms with van der Waals surface area (Å²) in [5, 5.41) is 14.4. The van der Waals surface area contributed by atoms with Gasteiger partial charge in [-0.1, -0.05) is 12.1 Å². The van der Waals surface area contributed by atoms with E-state index in [1.807, 2.05) is 19.9 Å². The van der Waals surface area contributed by atoms with Crippen LogP contribution in [0.15, 0.2) is 36.4 Å². The minimum Gasteiger partial charge on any atom is -0.386 e. The smallest absolute Gasteiger partial charge is 0.313 e. The third kappa shape index (κ3) is 4.84. The number of hydrogen-bond acceptors (Lipinski definition) is 3. The molecule has 3 N–H and O–H groups in total. The average molecular weight is 348 g/mol. The molecule has 0 aromatic heterocycles. The minimum atomic E-state index is -1.61. The molecule has 0 aliphatic rings. The second-order valence-corrected chi connectivity index (χ2v) is 5.69. The highest BCUT2D eigenvalue weighted by atomic mass is 19.1. The monoisotopic (exact) mass is 348 g/mol. The van der Waals surface area contributed by atoms with Gasteiger partial charge in [0.15, 0.2) is 0 Å². The van der Waals surface area contributed by atoms with Crippen molar-refractivity contribution in [1.29, 1.82) is 0 Å². The molecule has 2 rings (SSSR count). The van der Waals surface area contributed by atoms with Crippen LogP contribution in [0.4, 0.5) is 14.5 Å². The molecule has 0 radical (unpaired) electrons. The number of anilines is 1. The van der Waals surface area contributed by atoms with Crippen LogP contribution in [0.3, 0.4) is 0 Å². The summed E-state index contributed by atoms with van der Waals surface area (Å²) in [4.78, 5) is 23.7. The van der Waals surface area contributed by atoms with E-state index in [4.69, 9.17) is 0 Å². The molecule has 2 amide bonds. The summed E-state index contributed by atoms with van der Waals surface area (Å²) >= 11 is 0. The lowest BCUT2D eigenvalue weighted by Gasteiger charge is -2.14. The largest absolute Gasteiger partial charge is 0.386 e. The normalized spacial score (nSPS) is 11.7. The van der Waals surface area contributed by atoms with E-state index in [2.05, 4.69) is 10.6 Å². The Balaban J connectivity index is 1.96. The summed E-state index contributed by atoms with van der Waals surface area (Å²) in [6, 6.07) is 8.46. The zero-order valence-electron chi connectivity index (χ0n) is 13.8. The van der Waals surface area contributed by atoms with Gasteiger partial charge in [-0.15, -0.1) is 0 Å². The molecule has 5 nitrogen and oxygen atoms in total. The lowest BCUT2D eigenvalue weighted by Crippen LogP contribution is -2.37. The molecule has 0 heterocycles. The molecule has 7 heteroatoms. The van der Waals surface area contributed by atoms with Crippen molar-refractivity contribution in [3.8, 4) is 0 Å². The number of amides is 2. The van der Waals surface area contributed by atoms with E-state index >= 15 is 0 Å². The van der Waals surface area contributed by atoms with Crippen molar-refractivity contribution in [1.82, 2.24) is 5.32 Å². The van der Waals surface area contributed by atoms with Gasteiger partial charge in [0.2, 0.25) is 0 Å². The number of aliphatic hydroxyl groups is 1. The van der Waals surface area contributed by atoms with Crippen LogP contribution >= 0.6 is 0 Å². The first-order valence-electron chi connectivity index (χ1n) is 7.57. The van der Waals surface area contributed by atoms with Gasteiger partial charge in [-0.2, -0.15) is 0 Å². The third-order valence-corrected chi connectivity index (χ3v) is 3.47. The molecule has 0 bridgehead atoms. The van der Waals surface area contributed by atoms with Gasteiger partial charge in [0, 0.05) is 12.2 Å². The number of aryl methyl sites for hydroxylation is 2. The van der Waals surface area contributed by atoms with Gasteiger partial charge in [0.05, 0.1) is 5.56 Å². The Morgan fingerprint density at radius 2 is 1.60 bits per heavy atom. The number of rotatable bonds is 4. The van der Waals surface area contributed by atoms with Crippen molar-refractivity contribution in [2.75, 3.05) is 11.9 Å². The molecular weight excluding hydrogens is 330 g/mol. The maximum atomic E-state index is 13.6. The fourth-order valence-electron chi connectivity index (χ4n) is 2.44. The maximum Gasteiger partial charge on any atom is 0.313 e. The van der Waals surface area contributed by atoms with Crippen molar-refractivity contribution >= 4 is 17.5 Å². The first-order chi connectivity index (χ1) is 11.8. The zero-order chi connectivity index (χ0) is 18.6. The molecule has 0 saturated carbocycles. The SMILES string of the molecule is Cc1cc(C)cc(NC(=O)C(=O)NCC(O)c2c(F)cccc2F)c1. The van der Waals surface area contributed by atoms with E-state index in [-0.39, 0.29) is 0 Å². The molecule has 132 valence electrons. The van der Waals surface area contributed by atoms with Crippen molar-refractivity contribution in [2.24, 2.45) is 0 Å². The van der Waals surface area contributed by atoms with Gasteiger partial charge in [-0.3, -0.25) is 9.59 Å². The molecule has 0 spiro atoms. The van der Waals surface area contributed by atoms with Gasteiger partial charge >= 0.3 is 11.8 Å². The topological polar surface area (TPSA) is 78.4 Å². The molecule has 0 aliphatic heterocycles. The quantitative estimate of drug-likeness (QED) is 0.743. The fourth-order valence-corrected chi connectivity index (χ4v) is 2.44. The van der Waals surface area contributed by atoms with Gasteiger partial charge < -0.3 is 15.7 Å². The van der Waals surface area contributed by atoms with E-state index in [9.17, 15) is 23.5 Å². The average Bonchev–Trinajstić information content (AvgIpc) is 2.51. The van der Waals surface area contributed by atoms with E-state index in [1.165, 1.54) is 0 Å². The molecular formula is C18H18F2N2O3. The van der Waals surface area contributed by atoms with E-state index in [1.54, 1.807) is 12.1 Å². The van der Waals surface area contributed by atoms with Crippen LogP contribution in [0.5, 0.6) is 0 Å². The number of halogens is 2. The standard InChI is InChI=1S/C18H18F2N2O3/c1-10-6-11(2)8-12(7-10)22-18(25)17(24)21-9-15(23)16-13(19)4-3-5-14(16)20/h3-8,15,23H,9H2,1-2H3,(H,21,24)(H,22,25). The Kier molecular flexibility index (Phi) is 5.82. The Labute approximate surface area is 143 Å². The highest BCUT2D eigenvalue weighted by molar-refractivity contribution is 6.39. The van der Waals surface area contributed by atoms with Crippen LogP contribution in [0, 0.1) is 25.5 Å². The number of nitrogens with one attached hydrogen (secondary N) is 2. The van der Waals surface area contributed by atoms with Crippen molar-refractivity contribution in [3.05, 3.63) is 64.7 Å². The Morgan fingerprint density at radius 1 is 1.04 bits per heavy atom. The third-order valence-electron chi connectivity index (χ3n) is 3.47. The Morgan fingerprint density at radius 3 is 2.16 bits per heavy atom. The van der Waals surface area contributed by atoms with Gasteiger partial charge in [0.1, 0.15) is 17.7 Å². The maximum absolute atomic E-state index is 13.6. The number of hydrogen-bond donors (Lipinski definition) is 3. The summed E-state index contributed by atoms with van der Waals surface area (Å²) in [5.41, 5.74) is 1.73. The van der Waals surface area contributed by atoms with Gasteiger partial charge in [0.25, 0.3) is 0 Å². The summed E-state index contributed by atoms with van der Waals surface area (Å²) in [6.07, 6.45) is -1.61. The molecule has 25 heavy (non-hydrogen) atoms. The van der Waals surface area contributed by atoms with Gasteiger partial charge in [-0.25, -0.2) is 8.78 Å². The van der Waals surface area contributed by atoms with Crippen LogP contribution in [0.25, 0.3) is 0 Å². The Bertz CT molecular complexity index is 768. The number of benzene rings is 2. The molecule has 1 unspecified atom stereocenters. The van der Waals surface area contributed by atoms with Crippen LogP contribution in [0.1, 0.15) is 22.8 Å². The van der Waals surface area contributed by atoms with Crippen LogP contribution in [0.2, 0.25) is 0 Å². The van der Waals surface area contributed by atoms with E-state index < -0.39 is 41.7 Å². The molecule has 0 fully saturated rings. The van der Waals surface area contributed by atoms with Crippen LogP contribution < -0.4 is 10.6 Å².